The molecule has 0 aliphatic carbocycles. The van der Waals surface area contributed by atoms with E-state index in [0.717, 1.165) is 24.6 Å². The van der Waals surface area contributed by atoms with E-state index in [1.54, 1.807) is 12.1 Å². The Kier molecular flexibility index (Phi) is 6.91. The molecule has 1 fully saturated rings. The molecule has 0 bridgehead atoms. The van der Waals surface area contributed by atoms with E-state index >= 15 is 0 Å². The summed E-state index contributed by atoms with van der Waals surface area (Å²) in [6.07, 6.45) is 3.96. The molecule has 0 spiro atoms. The number of benzene rings is 1. The van der Waals surface area contributed by atoms with Gasteiger partial charge in [-0.2, -0.15) is 0 Å². The molecule has 0 amide bonds. The van der Waals surface area contributed by atoms with Crippen molar-refractivity contribution in [1.29, 1.82) is 0 Å². The van der Waals surface area contributed by atoms with Gasteiger partial charge in [-0.3, -0.25) is 4.90 Å². The standard InChI is InChI=1S/C19H32N4O/c1-4-20-18(21-14-16-9-8-10-17(24)13-16)22-15-19(2,3)23-11-6-5-7-12-23/h8-10,13,24H,4-7,11-12,14-15H2,1-3H3,(H2,20,21,22). The highest BCUT2D eigenvalue weighted by molar-refractivity contribution is 5.79. The highest BCUT2D eigenvalue weighted by atomic mass is 16.3. The second-order valence-electron chi connectivity index (χ2n) is 7.08. The van der Waals surface area contributed by atoms with E-state index < -0.39 is 0 Å². The number of nitrogens with zero attached hydrogens (tertiary/aromatic N) is 2. The molecule has 1 heterocycles. The Balaban J connectivity index is 1.93. The Morgan fingerprint density at radius 2 is 1.96 bits per heavy atom. The van der Waals surface area contributed by atoms with Crippen molar-refractivity contribution in [1.82, 2.24) is 15.5 Å². The molecular formula is C19H32N4O. The molecule has 1 saturated heterocycles. The number of aromatic hydroxyl groups is 1. The third-order valence-electron chi connectivity index (χ3n) is 4.58. The number of phenols is 1. The van der Waals surface area contributed by atoms with Crippen molar-refractivity contribution in [2.75, 3.05) is 26.2 Å². The smallest absolute Gasteiger partial charge is 0.191 e. The van der Waals surface area contributed by atoms with Crippen LogP contribution in [0.1, 0.15) is 45.6 Å². The van der Waals surface area contributed by atoms with Gasteiger partial charge in [-0.1, -0.05) is 18.6 Å². The summed E-state index contributed by atoms with van der Waals surface area (Å²) in [7, 11) is 0. The number of guanidine groups is 1. The number of rotatable bonds is 6. The van der Waals surface area contributed by atoms with Crippen LogP contribution in [-0.4, -0.2) is 47.7 Å². The molecule has 2 rings (SSSR count). The monoisotopic (exact) mass is 332 g/mol. The van der Waals surface area contributed by atoms with Gasteiger partial charge >= 0.3 is 0 Å². The van der Waals surface area contributed by atoms with Crippen LogP contribution in [0.4, 0.5) is 0 Å². The van der Waals surface area contributed by atoms with Gasteiger partial charge in [0.2, 0.25) is 0 Å². The summed E-state index contributed by atoms with van der Waals surface area (Å²) >= 11 is 0. The van der Waals surface area contributed by atoms with Gasteiger partial charge in [-0.05, 0) is 64.4 Å². The van der Waals surface area contributed by atoms with Crippen LogP contribution in [-0.2, 0) is 6.54 Å². The lowest BCUT2D eigenvalue weighted by molar-refractivity contribution is 0.0982. The van der Waals surface area contributed by atoms with Crippen LogP contribution in [0.25, 0.3) is 0 Å². The van der Waals surface area contributed by atoms with E-state index in [1.807, 2.05) is 12.1 Å². The summed E-state index contributed by atoms with van der Waals surface area (Å²) < 4.78 is 0. The number of phenolic OH excluding ortho intramolecular Hbond substituents is 1. The van der Waals surface area contributed by atoms with Crippen LogP contribution >= 0.6 is 0 Å². The molecule has 5 heteroatoms. The van der Waals surface area contributed by atoms with Crippen LogP contribution in [0.3, 0.4) is 0 Å². The molecule has 134 valence electrons. The maximum Gasteiger partial charge on any atom is 0.191 e. The van der Waals surface area contributed by atoms with E-state index in [9.17, 15) is 5.11 Å². The summed E-state index contributed by atoms with van der Waals surface area (Å²) in [5.74, 6) is 1.11. The maximum atomic E-state index is 9.55. The minimum Gasteiger partial charge on any atom is -0.508 e. The first-order chi connectivity index (χ1) is 11.5. The Bertz CT molecular complexity index is 536. The minimum atomic E-state index is 0.113. The number of piperidine rings is 1. The van der Waals surface area contributed by atoms with Gasteiger partial charge in [-0.15, -0.1) is 0 Å². The van der Waals surface area contributed by atoms with Crippen molar-refractivity contribution in [3.63, 3.8) is 0 Å². The number of aliphatic imine (C=N–C) groups is 1. The van der Waals surface area contributed by atoms with Gasteiger partial charge in [0.15, 0.2) is 5.96 Å². The molecule has 0 unspecified atom stereocenters. The molecule has 24 heavy (non-hydrogen) atoms. The van der Waals surface area contributed by atoms with Gasteiger partial charge in [0.1, 0.15) is 5.75 Å². The largest absolute Gasteiger partial charge is 0.508 e. The first kappa shape index (κ1) is 18.6. The third-order valence-corrected chi connectivity index (χ3v) is 4.58. The molecule has 1 aromatic rings. The molecule has 0 saturated carbocycles. The fourth-order valence-electron chi connectivity index (χ4n) is 3.08. The highest BCUT2D eigenvalue weighted by Gasteiger charge is 2.27. The fourth-order valence-corrected chi connectivity index (χ4v) is 3.08. The number of hydrogen-bond donors (Lipinski definition) is 3. The SMILES string of the molecule is CCNC(=NCc1cccc(O)c1)NCC(C)(C)N1CCCCC1. The van der Waals surface area contributed by atoms with Gasteiger partial charge in [-0.25, -0.2) is 4.99 Å². The fraction of sp³-hybridized carbons (Fsp3) is 0.632. The predicted molar refractivity (Wildman–Crippen MR) is 100 cm³/mol. The van der Waals surface area contributed by atoms with Crippen LogP contribution < -0.4 is 10.6 Å². The highest BCUT2D eigenvalue weighted by Crippen LogP contribution is 2.19. The van der Waals surface area contributed by atoms with Gasteiger partial charge in [0.05, 0.1) is 6.54 Å². The molecule has 1 aromatic carbocycles. The van der Waals surface area contributed by atoms with Crippen LogP contribution in [0.15, 0.2) is 29.3 Å². The Labute approximate surface area is 146 Å². The van der Waals surface area contributed by atoms with Crippen molar-refractivity contribution >= 4 is 5.96 Å². The van der Waals surface area contributed by atoms with Crippen molar-refractivity contribution in [3.8, 4) is 5.75 Å². The van der Waals surface area contributed by atoms with Crippen molar-refractivity contribution < 1.29 is 5.11 Å². The lowest BCUT2D eigenvalue weighted by Crippen LogP contribution is -2.54. The Hall–Kier alpha value is -1.75. The number of likely N-dealkylation sites (tertiary alicyclic amines) is 1. The summed E-state index contributed by atoms with van der Waals surface area (Å²) in [4.78, 5) is 7.21. The molecule has 1 aliphatic rings. The molecule has 0 atom stereocenters. The van der Waals surface area contributed by atoms with E-state index in [2.05, 4.69) is 41.3 Å². The quantitative estimate of drug-likeness (QED) is 0.554. The summed E-state index contributed by atoms with van der Waals surface area (Å²) in [6.45, 7) is 11.3. The zero-order chi connectivity index (χ0) is 17.4. The van der Waals surface area contributed by atoms with E-state index in [4.69, 9.17) is 0 Å². The maximum absolute atomic E-state index is 9.55. The Morgan fingerprint density at radius 1 is 1.21 bits per heavy atom. The molecule has 1 aliphatic heterocycles. The zero-order valence-electron chi connectivity index (χ0n) is 15.3. The first-order valence-corrected chi connectivity index (χ1v) is 9.06. The average molecular weight is 332 g/mol. The number of nitrogens with one attached hydrogen (secondary N) is 2. The summed E-state index contributed by atoms with van der Waals surface area (Å²) in [5.41, 5.74) is 1.12. The Morgan fingerprint density at radius 3 is 2.62 bits per heavy atom. The molecule has 0 aromatic heterocycles. The molecule has 0 radical (unpaired) electrons. The van der Waals surface area contributed by atoms with Crippen molar-refractivity contribution in [2.24, 2.45) is 4.99 Å². The summed E-state index contributed by atoms with van der Waals surface area (Å²) in [6, 6.07) is 7.26. The predicted octanol–water partition coefficient (Wildman–Crippen LogP) is 2.71. The van der Waals surface area contributed by atoms with Gasteiger partial charge in [0.25, 0.3) is 0 Å². The van der Waals surface area contributed by atoms with Crippen LogP contribution in [0, 0.1) is 0 Å². The molecule has 5 nitrogen and oxygen atoms in total. The second kappa shape index (κ2) is 8.92. The number of hydrogen-bond acceptors (Lipinski definition) is 3. The first-order valence-electron chi connectivity index (χ1n) is 9.06. The molecular weight excluding hydrogens is 300 g/mol. The topological polar surface area (TPSA) is 59.9 Å². The van der Waals surface area contributed by atoms with E-state index in [1.165, 1.54) is 32.4 Å². The average Bonchev–Trinajstić information content (AvgIpc) is 2.58. The zero-order valence-corrected chi connectivity index (χ0v) is 15.3. The summed E-state index contributed by atoms with van der Waals surface area (Å²) in [5, 5.41) is 16.3. The van der Waals surface area contributed by atoms with Crippen molar-refractivity contribution in [3.05, 3.63) is 29.8 Å². The van der Waals surface area contributed by atoms with Crippen LogP contribution in [0.2, 0.25) is 0 Å². The van der Waals surface area contributed by atoms with E-state index in [0.29, 0.717) is 6.54 Å². The third kappa shape index (κ3) is 5.71. The second-order valence-corrected chi connectivity index (χ2v) is 7.08. The lowest BCUT2D eigenvalue weighted by Gasteiger charge is -2.41. The van der Waals surface area contributed by atoms with Crippen molar-refractivity contribution in [2.45, 2.75) is 52.1 Å². The lowest BCUT2D eigenvalue weighted by atomic mass is 9.98. The molecule has 3 N–H and O–H groups in total. The van der Waals surface area contributed by atoms with Crippen LogP contribution in [0.5, 0.6) is 5.75 Å². The minimum absolute atomic E-state index is 0.113. The van der Waals surface area contributed by atoms with Gasteiger partial charge in [0, 0.05) is 18.6 Å². The normalized spacial score (nSPS) is 16.9. The van der Waals surface area contributed by atoms with Gasteiger partial charge < -0.3 is 15.7 Å². The van der Waals surface area contributed by atoms with E-state index in [-0.39, 0.29) is 11.3 Å².